The van der Waals surface area contributed by atoms with Gasteiger partial charge < -0.3 is 9.47 Å². The molecule has 0 radical (unpaired) electrons. The van der Waals surface area contributed by atoms with E-state index in [0.29, 0.717) is 5.92 Å². The molecule has 2 unspecified atom stereocenters. The van der Waals surface area contributed by atoms with E-state index in [4.69, 9.17) is 0 Å². The first-order valence-corrected chi connectivity index (χ1v) is 9.98. The lowest BCUT2D eigenvalue weighted by Gasteiger charge is -2.22. The molecular formula is C20H28N6. The van der Waals surface area contributed by atoms with Crippen molar-refractivity contribution in [3.05, 3.63) is 36.3 Å². The zero-order valence-electron chi connectivity index (χ0n) is 15.8. The summed E-state index contributed by atoms with van der Waals surface area (Å²) < 4.78 is 2.40. The van der Waals surface area contributed by atoms with Crippen LogP contribution >= 0.6 is 0 Å². The largest absolute Gasteiger partial charge is 0.356 e. The molecule has 2 aromatic heterocycles. The van der Waals surface area contributed by atoms with Gasteiger partial charge in [-0.1, -0.05) is 13.8 Å². The van der Waals surface area contributed by atoms with Gasteiger partial charge in [0.1, 0.15) is 18.0 Å². The van der Waals surface area contributed by atoms with Gasteiger partial charge in [-0.2, -0.15) is 0 Å². The first-order chi connectivity index (χ1) is 12.7. The highest BCUT2D eigenvalue weighted by atomic mass is 15.3. The van der Waals surface area contributed by atoms with Crippen molar-refractivity contribution in [1.82, 2.24) is 24.4 Å². The van der Waals surface area contributed by atoms with Gasteiger partial charge in [-0.3, -0.25) is 4.90 Å². The van der Waals surface area contributed by atoms with Gasteiger partial charge in [0.2, 0.25) is 0 Å². The standard InChI is InChI=1S/C20H28N6/c1-14(2)18-7-19(23-13-22-18)25-10-15-8-24(9-16(15)11-25)12-20-21-5-6-26(20)17-3-4-17/h5-7,13-17H,3-4,8-12H2,1-2H3. The van der Waals surface area contributed by atoms with E-state index in [9.17, 15) is 0 Å². The van der Waals surface area contributed by atoms with E-state index in [1.54, 1.807) is 6.33 Å². The van der Waals surface area contributed by atoms with Crippen LogP contribution in [0.5, 0.6) is 0 Å². The van der Waals surface area contributed by atoms with Gasteiger partial charge in [0.25, 0.3) is 0 Å². The fourth-order valence-corrected chi connectivity index (χ4v) is 4.61. The normalized spacial score (nSPS) is 26.0. The topological polar surface area (TPSA) is 50.1 Å². The molecule has 0 N–H and O–H groups in total. The summed E-state index contributed by atoms with van der Waals surface area (Å²) in [6.45, 7) is 9.98. The van der Waals surface area contributed by atoms with Crippen LogP contribution in [0.1, 0.15) is 50.2 Å². The minimum atomic E-state index is 0.449. The summed E-state index contributed by atoms with van der Waals surface area (Å²) in [6, 6.07) is 2.90. The molecule has 138 valence electrons. The number of hydrogen-bond donors (Lipinski definition) is 0. The fourth-order valence-electron chi connectivity index (χ4n) is 4.61. The minimum absolute atomic E-state index is 0.449. The summed E-state index contributed by atoms with van der Waals surface area (Å²) in [7, 11) is 0. The van der Waals surface area contributed by atoms with Crippen LogP contribution in [-0.4, -0.2) is 50.6 Å². The maximum Gasteiger partial charge on any atom is 0.132 e. The molecule has 3 aliphatic rings. The molecule has 0 aromatic carbocycles. The average molecular weight is 352 g/mol. The number of fused-ring (bicyclic) bond motifs is 1. The molecule has 4 heterocycles. The van der Waals surface area contributed by atoms with Crippen LogP contribution in [0.2, 0.25) is 0 Å². The highest BCUT2D eigenvalue weighted by Gasteiger charge is 2.41. The number of anilines is 1. The van der Waals surface area contributed by atoms with Crippen LogP contribution in [0.3, 0.4) is 0 Å². The van der Waals surface area contributed by atoms with E-state index >= 15 is 0 Å². The van der Waals surface area contributed by atoms with Crippen molar-refractivity contribution in [2.24, 2.45) is 11.8 Å². The third kappa shape index (κ3) is 3.00. The number of nitrogens with zero attached hydrogens (tertiary/aromatic N) is 6. The Labute approximate surface area is 155 Å². The van der Waals surface area contributed by atoms with Crippen molar-refractivity contribution in [3.8, 4) is 0 Å². The monoisotopic (exact) mass is 352 g/mol. The molecule has 2 atom stereocenters. The summed E-state index contributed by atoms with van der Waals surface area (Å²) in [6.07, 6.45) is 8.49. The Hall–Kier alpha value is -1.95. The predicted octanol–water partition coefficient (Wildman–Crippen LogP) is 2.70. The lowest BCUT2D eigenvalue weighted by atomic mass is 10.0. The van der Waals surface area contributed by atoms with Crippen molar-refractivity contribution < 1.29 is 0 Å². The molecule has 0 spiro atoms. The lowest BCUT2D eigenvalue weighted by molar-refractivity contribution is 0.295. The number of hydrogen-bond acceptors (Lipinski definition) is 5. The van der Waals surface area contributed by atoms with Gasteiger partial charge in [0.15, 0.2) is 0 Å². The average Bonchev–Trinajstić information content (AvgIpc) is 3.06. The summed E-state index contributed by atoms with van der Waals surface area (Å²) in [4.78, 5) is 18.6. The smallest absolute Gasteiger partial charge is 0.132 e. The summed E-state index contributed by atoms with van der Waals surface area (Å²) >= 11 is 0. The quantitative estimate of drug-likeness (QED) is 0.828. The van der Waals surface area contributed by atoms with Gasteiger partial charge in [0, 0.05) is 56.4 Å². The maximum absolute atomic E-state index is 4.62. The van der Waals surface area contributed by atoms with E-state index in [2.05, 4.69) is 55.4 Å². The van der Waals surface area contributed by atoms with E-state index < -0.39 is 0 Å². The molecule has 1 saturated carbocycles. The van der Waals surface area contributed by atoms with Crippen LogP contribution in [0.25, 0.3) is 0 Å². The number of rotatable bonds is 5. The van der Waals surface area contributed by atoms with Gasteiger partial charge in [-0.15, -0.1) is 0 Å². The third-order valence-electron chi connectivity index (χ3n) is 6.21. The summed E-state index contributed by atoms with van der Waals surface area (Å²) in [5.74, 6) is 4.30. The molecule has 2 aromatic rings. The van der Waals surface area contributed by atoms with Crippen LogP contribution in [0.4, 0.5) is 5.82 Å². The Morgan fingerprint density at radius 2 is 1.81 bits per heavy atom. The Morgan fingerprint density at radius 3 is 2.50 bits per heavy atom. The summed E-state index contributed by atoms with van der Waals surface area (Å²) in [5, 5.41) is 0. The highest BCUT2D eigenvalue weighted by Crippen LogP contribution is 2.37. The van der Waals surface area contributed by atoms with Crippen molar-refractivity contribution in [3.63, 3.8) is 0 Å². The number of aromatic nitrogens is 4. The molecule has 5 rings (SSSR count). The second kappa shape index (κ2) is 6.34. The minimum Gasteiger partial charge on any atom is -0.356 e. The van der Waals surface area contributed by atoms with E-state index in [0.717, 1.165) is 49.0 Å². The second-order valence-corrected chi connectivity index (χ2v) is 8.56. The van der Waals surface area contributed by atoms with Crippen molar-refractivity contribution in [1.29, 1.82) is 0 Å². The molecule has 1 aliphatic carbocycles. The van der Waals surface area contributed by atoms with Crippen molar-refractivity contribution in [2.75, 3.05) is 31.1 Å². The molecule has 2 saturated heterocycles. The first kappa shape index (κ1) is 16.2. The Balaban J connectivity index is 1.22. The van der Waals surface area contributed by atoms with Crippen LogP contribution < -0.4 is 4.90 Å². The van der Waals surface area contributed by atoms with Gasteiger partial charge in [0.05, 0.1) is 6.54 Å². The van der Waals surface area contributed by atoms with E-state index in [1.807, 2.05) is 6.20 Å². The fraction of sp³-hybridized carbons (Fsp3) is 0.650. The van der Waals surface area contributed by atoms with Gasteiger partial charge in [-0.05, 0) is 30.6 Å². The molecule has 26 heavy (non-hydrogen) atoms. The zero-order valence-corrected chi connectivity index (χ0v) is 15.8. The highest BCUT2D eigenvalue weighted by molar-refractivity contribution is 5.41. The van der Waals surface area contributed by atoms with E-state index in [-0.39, 0.29) is 0 Å². The molecule has 2 aliphatic heterocycles. The Kier molecular flexibility index (Phi) is 3.96. The molecule has 0 bridgehead atoms. The second-order valence-electron chi connectivity index (χ2n) is 8.56. The summed E-state index contributed by atoms with van der Waals surface area (Å²) in [5.41, 5.74) is 1.14. The predicted molar refractivity (Wildman–Crippen MR) is 101 cm³/mol. The van der Waals surface area contributed by atoms with Crippen molar-refractivity contribution in [2.45, 2.75) is 45.2 Å². The van der Waals surface area contributed by atoms with Crippen LogP contribution in [0, 0.1) is 11.8 Å². The number of imidazole rings is 1. The molecule has 0 amide bonds. The Morgan fingerprint density at radius 1 is 1.04 bits per heavy atom. The zero-order chi connectivity index (χ0) is 17.7. The SMILES string of the molecule is CC(C)c1cc(N2CC3CN(Cc4nccn4C4CC4)CC3C2)ncn1. The molecular weight excluding hydrogens is 324 g/mol. The molecule has 3 fully saturated rings. The molecule has 6 nitrogen and oxygen atoms in total. The molecule has 6 heteroatoms. The Bertz CT molecular complexity index is 766. The van der Waals surface area contributed by atoms with Gasteiger partial charge >= 0.3 is 0 Å². The van der Waals surface area contributed by atoms with Crippen molar-refractivity contribution >= 4 is 5.82 Å². The van der Waals surface area contributed by atoms with E-state index in [1.165, 1.54) is 31.8 Å². The van der Waals surface area contributed by atoms with Gasteiger partial charge in [-0.25, -0.2) is 15.0 Å². The number of likely N-dealkylation sites (tertiary alicyclic amines) is 1. The first-order valence-electron chi connectivity index (χ1n) is 9.98. The maximum atomic E-state index is 4.62. The van der Waals surface area contributed by atoms with Crippen LogP contribution in [0.15, 0.2) is 24.8 Å². The van der Waals surface area contributed by atoms with Crippen LogP contribution in [-0.2, 0) is 6.54 Å². The lowest BCUT2D eigenvalue weighted by Crippen LogP contribution is -2.30. The third-order valence-corrected chi connectivity index (χ3v) is 6.21.